The molecule has 0 aliphatic carbocycles. The van der Waals surface area contributed by atoms with E-state index in [0.29, 0.717) is 34.4 Å². The molecule has 0 unspecified atom stereocenters. The summed E-state index contributed by atoms with van der Waals surface area (Å²) in [7, 11) is 0. The molecule has 2 aliphatic heterocycles. The molecule has 0 fully saturated rings. The van der Waals surface area contributed by atoms with E-state index in [1.165, 1.54) is 11.3 Å². The maximum absolute atomic E-state index is 13.6. The van der Waals surface area contributed by atoms with E-state index >= 15 is 0 Å². The molecule has 0 bridgehead atoms. The number of amides is 2. The summed E-state index contributed by atoms with van der Waals surface area (Å²) >= 11 is 1.46. The molecule has 36 heavy (non-hydrogen) atoms. The van der Waals surface area contributed by atoms with Gasteiger partial charge in [-0.1, -0.05) is 32.0 Å². The largest absolute Gasteiger partial charge is 0.482 e. The predicted octanol–water partition coefficient (Wildman–Crippen LogP) is 4.50. The first kappa shape index (κ1) is 24.0. The minimum absolute atomic E-state index is 0.00466. The average Bonchev–Trinajstić information content (AvgIpc) is 3.35. The second kappa shape index (κ2) is 9.73. The number of hydrogen-bond acceptors (Lipinski definition) is 6. The van der Waals surface area contributed by atoms with Crippen molar-refractivity contribution >= 4 is 40.2 Å². The van der Waals surface area contributed by atoms with Gasteiger partial charge < -0.3 is 15.0 Å². The number of benzene rings is 2. The molecule has 3 heterocycles. The standard InChI is InChI=1S/C27H29N5O3S/c1-16(2)11-12-31-21-8-6-5-7-19(21)25(26(31)34)30-32-22(15-36-27(32)28-17(3)4)18-9-10-23-20(13-18)29-24(33)14-35-23/h5-10,13,15-17H,11-12,14H2,1-4H3,(H,29,33). The highest BCUT2D eigenvalue weighted by Gasteiger charge is 2.34. The Hall–Kier alpha value is -3.72. The third-order valence-corrected chi connectivity index (χ3v) is 6.82. The van der Waals surface area contributed by atoms with Crippen LogP contribution in [0.2, 0.25) is 0 Å². The lowest BCUT2D eigenvalue weighted by Gasteiger charge is -2.18. The van der Waals surface area contributed by atoms with Gasteiger partial charge in [-0.15, -0.1) is 11.3 Å². The predicted molar refractivity (Wildman–Crippen MR) is 143 cm³/mol. The third-order valence-electron chi connectivity index (χ3n) is 5.99. The van der Waals surface area contributed by atoms with Crippen LogP contribution in [0.25, 0.3) is 11.3 Å². The first-order valence-corrected chi connectivity index (χ1v) is 13.0. The van der Waals surface area contributed by atoms with E-state index in [4.69, 9.17) is 14.8 Å². The molecule has 186 valence electrons. The maximum Gasteiger partial charge on any atom is 0.279 e. The fourth-order valence-electron chi connectivity index (χ4n) is 4.21. The Morgan fingerprint density at radius 1 is 1.11 bits per heavy atom. The van der Waals surface area contributed by atoms with Crippen molar-refractivity contribution in [2.24, 2.45) is 16.0 Å². The average molecular weight is 504 g/mol. The van der Waals surface area contributed by atoms with Gasteiger partial charge in [-0.05, 0) is 50.5 Å². The number of anilines is 2. The lowest BCUT2D eigenvalue weighted by molar-refractivity contribution is -0.118. The Bertz CT molecular complexity index is 1430. The van der Waals surface area contributed by atoms with E-state index in [-0.39, 0.29) is 24.5 Å². The quantitative estimate of drug-likeness (QED) is 0.537. The highest BCUT2D eigenvalue weighted by molar-refractivity contribution is 7.07. The van der Waals surface area contributed by atoms with Crippen molar-refractivity contribution in [3.05, 3.63) is 58.2 Å². The van der Waals surface area contributed by atoms with E-state index < -0.39 is 0 Å². The van der Waals surface area contributed by atoms with Crippen molar-refractivity contribution < 1.29 is 14.3 Å². The van der Waals surface area contributed by atoms with Crippen LogP contribution in [-0.4, -0.2) is 41.4 Å². The van der Waals surface area contributed by atoms with Crippen molar-refractivity contribution in [1.29, 1.82) is 0 Å². The highest BCUT2D eigenvalue weighted by Crippen LogP contribution is 2.34. The van der Waals surface area contributed by atoms with Crippen LogP contribution in [0.15, 0.2) is 57.9 Å². The van der Waals surface area contributed by atoms with Gasteiger partial charge in [0, 0.05) is 29.1 Å². The summed E-state index contributed by atoms with van der Waals surface area (Å²) in [5, 5.41) is 9.75. The summed E-state index contributed by atoms with van der Waals surface area (Å²) in [5.74, 6) is 0.805. The molecule has 2 aliphatic rings. The van der Waals surface area contributed by atoms with Crippen LogP contribution < -0.4 is 19.8 Å². The van der Waals surface area contributed by atoms with Gasteiger partial charge in [-0.2, -0.15) is 5.10 Å². The van der Waals surface area contributed by atoms with Crippen molar-refractivity contribution in [1.82, 2.24) is 4.68 Å². The minimum Gasteiger partial charge on any atom is -0.482 e. The van der Waals surface area contributed by atoms with Crippen LogP contribution in [-0.2, 0) is 9.59 Å². The van der Waals surface area contributed by atoms with Crippen LogP contribution in [0.5, 0.6) is 5.75 Å². The SMILES string of the molecule is CC(C)CCN1C(=O)C(=Nn2c(-c3ccc4c(c3)NC(=O)CO4)csc2=NC(C)C)c2ccccc21. The molecule has 0 radical (unpaired) electrons. The van der Waals surface area contributed by atoms with Crippen LogP contribution in [0.4, 0.5) is 11.4 Å². The molecular weight excluding hydrogens is 474 g/mol. The van der Waals surface area contributed by atoms with E-state index in [9.17, 15) is 9.59 Å². The molecule has 1 aromatic heterocycles. The molecule has 0 saturated carbocycles. The Kier molecular flexibility index (Phi) is 6.49. The van der Waals surface area contributed by atoms with Gasteiger partial charge in [0.1, 0.15) is 5.75 Å². The van der Waals surface area contributed by atoms with Gasteiger partial charge in [-0.25, -0.2) is 4.68 Å². The van der Waals surface area contributed by atoms with Crippen molar-refractivity contribution in [3.63, 3.8) is 0 Å². The summed E-state index contributed by atoms with van der Waals surface area (Å²) in [6, 6.07) is 13.5. The van der Waals surface area contributed by atoms with Crippen molar-refractivity contribution in [3.8, 4) is 17.0 Å². The number of nitrogens with zero attached hydrogens (tertiary/aromatic N) is 4. The number of thiazole rings is 1. The zero-order chi connectivity index (χ0) is 25.4. The maximum atomic E-state index is 13.6. The van der Waals surface area contributed by atoms with Gasteiger partial charge in [0.05, 0.1) is 17.1 Å². The molecule has 0 saturated heterocycles. The summed E-state index contributed by atoms with van der Waals surface area (Å²) in [4.78, 5) is 32.7. The number of nitrogens with one attached hydrogen (secondary N) is 1. The number of hydrogen-bond donors (Lipinski definition) is 1. The van der Waals surface area contributed by atoms with E-state index in [1.807, 2.05) is 66.6 Å². The molecule has 0 atom stereocenters. The summed E-state index contributed by atoms with van der Waals surface area (Å²) in [6.45, 7) is 8.96. The van der Waals surface area contributed by atoms with Crippen LogP contribution in [0.3, 0.4) is 0 Å². The highest BCUT2D eigenvalue weighted by atomic mass is 32.1. The number of carbonyl (C=O) groups excluding carboxylic acids is 2. The van der Waals surface area contributed by atoms with Gasteiger partial charge in [-0.3, -0.25) is 14.6 Å². The van der Waals surface area contributed by atoms with Gasteiger partial charge in [0.15, 0.2) is 12.3 Å². The van der Waals surface area contributed by atoms with E-state index in [0.717, 1.165) is 28.9 Å². The molecule has 9 heteroatoms. The van der Waals surface area contributed by atoms with Gasteiger partial charge in [0.25, 0.3) is 11.8 Å². The monoisotopic (exact) mass is 503 g/mol. The van der Waals surface area contributed by atoms with E-state index in [1.54, 1.807) is 4.68 Å². The molecular formula is C27H29N5O3S. The van der Waals surface area contributed by atoms with Crippen molar-refractivity contribution in [2.45, 2.75) is 40.2 Å². The van der Waals surface area contributed by atoms with Crippen molar-refractivity contribution in [2.75, 3.05) is 23.4 Å². The zero-order valence-corrected chi connectivity index (χ0v) is 21.6. The fraction of sp³-hybridized carbons (Fsp3) is 0.333. The Morgan fingerprint density at radius 3 is 2.69 bits per heavy atom. The molecule has 1 N–H and O–H groups in total. The smallest absolute Gasteiger partial charge is 0.279 e. The molecule has 8 nitrogen and oxygen atoms in total. The Labute approximate surface area is 213 Å². The molecule has 2 aromatic carbocycles. The van der Waals surface area contributed by atoms with E-state index in [2.05, 4.69) is 19.2 Å². The van der Waals surface area contributed by atoms with Gasteiger partial charge in [0.2, 0.25) is 4.80 Å². The van der Waals surface area contributed by atoms with Crippen LogP contribution >= 0.6 is 11.3 Å². The first-order valence-electron chi connectivity index (χ1n) is 12.1. The lowest BCUT2D eigenvalue weighted by atomic mass is 10.1. The van der Waals surface area contributed by atoms with Gasteiger partial charge >= 0.3 is 0 Å². The molecule has 5 rings (SSSR count). The van der Waals surface area contributed by atoms with Crippen LogP contribution in [0, 0.1) is 5.92 Å². The number of carbonyl (C=O) groups is 2. The second-order valence-electron chi connectivity index (χ2n) is 9.59. The summed E-state index contributed by atoms with van der Waals surface area (Å²) in [5.41, 5.74) is 4.32. The topological polar surface area (TPSA) is 88.3 Å². The number of rotatable bonds is 6. The number of fused-ring (bicyclic) bond motifs is 2. The number of ether oxygens (including phenoxy) is 1. The number of aromatic nitrogens is 1. The van der Waals surface area contributed by atoms with Crippen LogP contribution in [0.1, 0.15) is 39.7 Å². The summed E-state index contributed by atoms with van der Waals surface area (Å²) in [6.07, 6.45) is 0.904. The lowest BCUT2D eigenvalue weighted by Crippen LogP contribution is -2.32. The molecule has 3 aromatic rings. The third kappa shape index (κ3) is 4.58. The second-order valence-corrected chi connectivity index (χ2v) is 10.4. The minimum atomic E-state index is -0.191. The fourth-order valence-corrected chi connectivity index (χ4v) is 5.18. The normalized spacial score (nSPS) is 16.6. The Balaban J connectivity index is 1.64. The first-order chi connectivity index (χ1) is 17.3. The molecule has 0 spiro atoms. The zero-order valence-electron chi connectivity index (χ0n) is 20.8. The number of para-hydroxylation sites is 1. The Morgan fingerprint density at radius 2 is 1.92 bits per heavy atom. The summed E-state index contributed by atoms with van der Waals surface area (Å²) < 4.78 is 7.26. The molecule has 2 amide bonds.